The van der Waals surface area contributed by atoms with E-state index in [-0.39, 0.29) is 33.9 Å². The Morgan fingerprint density at radius 1 is 0.922 bits per heavy atom. The quantitative estimate of drug-likeness (QED) is 0.166. The summed E-state index contributed by atoms with van der Waals surface area (Å²) in [5, 5.41) is 14.5. The Labute approximate surface area is 294 Å². The Kier molecular flexibility index (Phi) is 9.20. The van der Waals surface area contributed by atoms with Crippen LogP contribution >= 0.6 is 11.8 Å². The number of rotatable bonds is 9. The van der Waals surface area contributed by atoms with Crippen molar-refractivity contribution in [2.75, 3.05) is 0 Å². The minimum atomic E-state index is -1.39. The van der Waals surface area contributed by atoms with Gasteiger partial charge in [-0.25, -0.2) is 9.59 Å². The molecule has 5 atom stereocenters. The standard InChI is InChI=1S/C35H31N3O12S/c1-16(39)47-23-14-11-19(15-24(23)48-17(2)40)28(42)36-25(18-9-12-20(41)13-10-18)29(43)37-26-30(44)38-27(35(3,4)51-31(26)38)33(46)50-34-22-8-6-5-7-21(22)32(45)49-34/h5-15,25-27,31,34,41H,1-4H3,(H,36,42)(H,37,43)/t25?,26-,27+,31-,34?/m1/s1. The minimum Gasteiger partial charge on any atom is -0.508 e. The summed E-state index contributed by atoms with van der Waals surface area (Å²) in [5.74, 6) is -5.40. The van der Waals surface area contributed by atoms with Crippen LogP contribution in [-0.4, -0.2) is 73.8 Å². The highest BCUT2D eigenvalue weighted by Gasteiger charge is 2.65. The number of carbonyl (C=O) groups excluding carboxylic acids is 7. The third-order valence-corrected chi connectivity index (χ3v) is 9.88. The van der Waals surface area contributed by atoms with Gasteiger partial charge in [0.15, 0.2) is 11.5 Å². The number of nitrogens with zero attached hydrogens (tertiary/aromatic N) is 1. The van der Waals surface area contributed by atoms with E-state index in [9.17, 15) is 38.7 Å². The molecule has 0 radical (unpaired) electrons. The first kappa shape index (κ1) is 34.9. The summed E-state index contributed by atoms with van der Waals surface area (Å²) in [6.45, 7) is 5.77. The number of hydrogen-bond acceptors (Lipinski definition) is 13. The van der Waals surface area contributed by atoms with Crippen molar-refractivity contribution < 1.29 is 57.6 Å². The number of phenolic OH excluding ortho intramolecular Hbond substituents is 1. The number of carbonyl (C=O) groups is 7. The van der Waals surface area contributed by atoms with Gasteiger partial charge in [-0.15, -0.1) is 11.8 Å². The molecule has 3 N–H and O–H groups in total. The van der Waals surface area contributed by atoms with Crippen LogP contribution in [0.5, 0.6) is 17.2 Å². The third-order valence-electron chi connectivity index (χ3n) is 8.31. The van der Waals surface area contributed by atoms with Crippen LogP contribution in [0.3, 0.4) is 0 Å². The Hall–Kier alpha value is -5.90. The molecule has 0 aromatic heterocycles. The minimum absolute atomic E-state index is 0.0605. The summed E-state index contributed by atoms with van der Waals surface area (Å²) >= 11 is 1.27. The fourth-order valence-electron chi connectivity index (χ4n) is 6.04. The Morgan fingerprint density at radius 2 is 1.59 bits per heavy atom. The largest absolute Gasteiger partial charge is 0.508 e. The molecule has 6 rings (SSSR count). The number of β-lactam (4-membered cyclic amide) rings is 1. The van der Waals surface area contributed by atoms with Crippen LogP contribution < -0.4 is 20.1 Å². The van der Waals surface area contributed by atoms with E-state index in [0.29, 0.717) is 5.56 Å². The highest BCUT2D eigenvalue weighted by Crippen LogP contribution is 2.51. The molecule has 0 spiro atoms. The molecule has 0 bridgehead atoms. The lowest BCUT2D eigenvalue weighted by atomic mass is 9.95. The maximum atomic E-state index is 13.8. The summed E-state index contributed by atoms with van der Waals surface area (Å²) in [6, 6.07) is 12.1. The van der Waals surface area contributed by atoms with Gasteiger partial charge >= 0.3 is 23.9 Å². The van der Waals surface area contributed by atoms with Gasteiger partial charge in [0.2, 0.25) is 11.8 Å². The second-order valence-corrected chi connectivity index (χ2v) is 14.1. The molecular formula is C35H31N3O12S. The summed E-state index contributed by atoms with van der Waals surface area (Å²) in [6.07, 6.45) is -1.27. The SMILES string of the molecule is CC(=O)Oc1ccc(C(=O)NC(C(=O)N[C@@H]2C(=O)N3[C@@H]2SC(C)(C)[C@@H]3C(=O)OC2OC(=O)c3ccccc32)c2ccc(O)cc2)cc1OC(C)=O. The lowest BCUT2D eigenvalue weighted by Crippen LogP contribution is -2.71. The average molecular weight is 718 g/mol. The topological polar surface area (TPSA) is 204 Å². The molecule has 0 saturated carbocycles. The molecule has 2 saturated heterocycles. The van der Waals surface area contributed by atoms with E-state index >= 15 is 0 Å². The van der Waals surface area contributed by atoms with Gasteiger partial charge in [-0.1, -0.05) is 30.3 Å². The fourth-order valence-corrected chi connectivity index (χ4v) is 7.66. The summed E-state index contributed by atoms with van der Waals surface area (Å²) in [7, 11) is 0. The Morgan fingerprint density at radius 3 is 2.27 bits per heavy atom. The predicted molar refractivity (Wildman–Crippen MR) is 176 cm³/mol. The van der Waals surface area contributed by atoms with Crippen LogP contribution in [-0.2, 0) is 33.4 Å². The van der Waals surface area contributed by atoms with Gasteiger partial charge in [0.1, 0.15) is 29.2 Å². The number of ether oxygens (including phenoxy) is 4. The van der Waals surface area contributed by atoms with Gasteiger partial charge in [0.25, 0.3) is 12.2 Å². The van der Waals surface area contributed by atoms with Crippen LogP contribution in [0.1, 0.15) is 71.9 Å². The zero-order valence-corrected chi connectivity index (χ0v) is 28.3. The van der Waals surface area contributed by atoms with E-state index in [0.717, 1.165) is 19.9 Å². The first-order valence-corrected chi connectivity index (χ1v) is 16.4. The highest BCUT2D eigenvalue weighted by molar-refractivity contribution is 8.01. The van der Waals surface area contributed by atoms with E-state index in [4.69, 9.17) is 18.9 Å². The molecule has 15 nitrogen and oxygen atoms in total. The van der Waals surface area contributed by atoms with Crippen molar-refractivity contribution in [3.8, 4) is 17.2 Å². The van der Waals surface area contributed by atoms with Crippen molar-refractivity contribution in [1.82, 2.24) is 15.5 Å². The second-order valence-electron chi connectivity index (χ2n) is 12.4. The zero-order chi connectivity index (χ0) is 36.8. The number of fused-ring (bicyclic) bond motifs is 2. The molecule has 3 aromatic carbocycles. The number of hydrogen-bond donors (Lipinski definition) is 3. The Balaban J connectivity index is 1.19. The third kappa shape index (κ3) is 6.81. The predicted octanol–water partition coefficient (Wildman–Crippen LogP) is 2.67. The van der Waals surface area contributed by atoms with Crippen molar-refractivity contribution in [2.45, 2.75) is 62.2 Å². The first-order chi connectivity index (χ1) is 24.1. The molecule has 3 aliphatic heterocycles. The number of aromatic hydroxyl groups is 1. The molecule has 3 heterocycles. The van der Waals surface area contributed by atoms with Crippen molar-refractivity contribution in [3.63, 3.8) is 0 Å². The number of nitrogens with one attached hydrogen (secondary N) is 2. The van der Waals surface area contributed by atoms with Crippen LogP contribution in [0.2, 0.25) is 0 Å². The Bertz CT molecular complexity index is 1980. The second kappa shape index (κ2) is 13.4. The van der Waals surface area contributed by atoms with Gasteiger partial charge in [-0.2, -0.15) is 0 Å². The molecule has 2 fully saturated rings. The van der Waals surface area contributed by atoms with E-state index in [2.05, 4.69) is 10.6 Å². The van der Waals surface area contributed by atoms with Crippen LogP contribution in [0.15, 0.2) is 66.7 Å². The van der Waals surface area contributed by atoms with E-state index in [1.807, 2.05) is 0 Å². The number of cyclic esters (lactones) is 1. The van der Waals surface area contributed by atoms with Crippen LogP contribution in [0.25, 0.3) is 0 Å². The summed E-state index contributed by atoms with van der Waals surface area (Å²) < 4.78 is 20.1. The number of amides is 3. The normalized spacial score (nSPS) is 21.6. The lowest BCUT2D eigenvalue weighted by molar-refractivity contribution is -0.180. The fraction of sp³-hybridized carbons (Fsp3) is 0.286. The molecule has 264 valence electrons. The first-order valence-electron chi connectivity index (χ1n) is 15.6. The molecule has 3 aliphatic rings. The summed E-state index contributed by atoms with van der Waals surface area (Å²) in [4.78, 5) is 91.1. The smallest absolute Gasteiger partial charge is 0.342 e. The van der Waals surface area contributed by atoms with Crippen molar-refractivity contribution >= 4 is 53.4 Å². The number of benzene rings is 3. The molecule has 16 heteroatoms. The van der Waals surface area contributed by atoms with Gasteiger partial charge in [-0.05, 0) is 55.8 Å². The van der Waals surface area contributed by atoms with Gasteiger partial charge in [0.05, 0.1) is 5.56 Å². The van der Waals surface area contributed by atoms with Crippen LogP contribution in [0, 0.1) is 0 Å². The lowest BCUT2D eigenvalue weighted by Gasteiger charge is -2.44. The molecule has 3 aromatic rings. The van der Waals surface area contributed by atoms with Gasteiger partial charge in [0, 0.05) is 29.7 Å². The molecule has 2 unspecified atom stereocenters. The maximum Gasteiger partial charge on any atom is 0.342 e. The number of thioether (sulfide) groups is 1. The van der Waals surface area contributed by atoms with Crippen molar-refractivity contribution in [3.05, 3.63) is 89.0 Å². The molecular weight excluding hydrogens is 686 g/mol. The number of phenols is 1. The van der Waals surface area contributed by atoms with Crippen molar-refractivity contribution in [2.24, 2.45) is 0 Å². The summed E-state index contributed by atoms with van der Waals surface area (Å²) in [5.41, 5.74) is 0.859. The molecule has 51 heavy (non-hydrogen) atoms. The monoisotopic (exact) mass is 717 g/mol. The maximum absolute atomic E-state index is 13.8. The number of esters is 4. The van der Waals surface area contributed by atoms with Crippen LogP contribution in [0.4, 0.5) is 0 Å². The van der Waals surface area contributed by atoms with E-state index < -0.39 is 76.1 Å². The van der Waals surface area contributed by atoms with E-state index in [1.165, 1.54) is 53.1 Å². The van der Waals surface area contributed by atoms with E-state index in [1.54, 1.807) is 38.1 Å². The molecule has 3 amide bonds. The van der Waals surface area contributed by atoms with Gasteiger partial charge in [-0.3, -0.25) is 24.0 Å². The highest BCUT2D eigenvalue weighted by atomic mass is 32.2. The average Bonchev–Trinajstić information content (AvgIpc) is 3.52. The van der Waals surface area contributed by atoms with Gasteiger partial charge < -0.3 is 39.6 Å². The molecule has 0 aliphatic carbocycles. The van der Waals surface area contributed by atoms with Crippen molar-refractivity contribution in [1.29, 1.82) is 0 Å². The zero-order valence-electron chi connectivity index (χ0n) is 27.5.